The number of nitrogens with two attached hydrogens (primary N) is 2. The van der Waals surface area contributed by atoms with E-state index in [9.17, 15) is 24.0 Å². The van der Waals surface area contributed by atoms with Crippen LogP contribution in [0.5, 0.6) is 0 Å². The molecule has 1 saturated carbocycles. The molecule has 1 saturated heterocycles. The van der Waals surface area contributed by atoms with Crippen LogP contribution < -0.4 is 32.7 Å². The van der Waals surface area contributed by atoms with Crippen LogP contribution in [-0.2, 0) is 33.4 Å². The predicted molar refractivity (Wildman–Crippen MR) is 202 cm³/mol. The number of likely N-dealkylation sites (N-methyl/N-ethyl adjacent to an activating group) is 1. The van der Waals surface area contributed by atoms with Crippen molar-refractivity contribution < 1.29 is 33.4 Å². The molecule has 0 aromatic carbocycles. The van der Waals surface area contributed by atoms with E-state index in [4.69, 9.17) is 20.9 Å². The Morgan fingerprint density at radius 1 is 0.846 bits per heavy atom. The standard InChI is InChI=1S/C38H71N7O7/c1-8-9-10-14-18-31-26(5)38(50)45(7)30(21-24(2)3)35(47)44-33(28-16-12-11-13-17-28)37(49)42-29(22-40)34(46)43-32(27(6)51-20-15-19-39)36(48)41-25(4)23-52-31/h24-33H,8-23,39-40H2,1-7H3,(H,41,48)(H,42,49)(H,43,46)(H,44,47)/t25-,26-,27?,29+,30+,31-,32+,33+/m1/s1. The summed E-state index contributed by atoms with van der Waals surface area (Å²) < 4.78 is 12.3. The topological polar surface area (TPSA) is 207 Å². The Balaban J connectivity index is 2.58. The van der Waals surface area contributed by atoms with Crippen LogP contribution in [0.4, 0.5) is 0 Å². The van der Waals surface area contributed by atoms with Crippen molar-refractivity contribution in [2.24, 2.45) is 29.2 Å². The largest absolute Gasteiger partial charge is 0.376 e. The maximum atomic E-state index is 14.2. The molecule has 1 heterocycles. The molecule has 1 aliphatic carbocycles. The highest BCUT2D eigenvalue weighted by Crippen LogP contribution is 2.28. The molecule has 14 nitrogen and oxygen atoms in total. The summed E-state index contributed by atoms with van der Waals surface area (Å²) in [6.07, 6.45) is 8.70. The van der Waals surface area contributed by atoms with E-state index in [2.05, 4.69) is 28.2 Å². The van der Waals surface area contributed by atoms with E-state index < -0.39 is 72.0 Å². The van der Waals surface area contributed by atoms with Gasteiger partial charge in [0.1, 0.15) is 24.2 Å². The number of hydrogen-bond donors (Lipinski definition) is 6. The van der Waals surface area contributed by atoms with E-state index in [1.165, 1.54) is 4.90 Å². The fourth-order valence-electron chi connectivity index (χ4n) is 7.12. The zero-order chi connectivity index (χ0) is 38.8. The van der Waals surface area contributed by atoms with Gasteiger partial charge in [-0.1, -0.05) is 72.6 Å². The molecule has 0 bridgehead atoms. The van der Waals surface area contributed by atoms with E-state index in [0.29, 0.717) is 25.8 Å². The number of nitrogens with zero attached hydrogens (tertiary/aromatic N) is 1. The fourth-order valence-corrected chi connectivity index (χ4v) is 7.12. The van der Waals surface area contributed by atoms with Crippen LogP contribution in [0.15, 0.2) is 0 Å². The second kappa shape index (κ2) is 23.8. The Morgan fingerprint density at radius 3 is 2.15 bits per heavy atom. The zero-order valence-electron chi connectivity index (χ0n) is 33.0. The highest BCUT2D eigenvalue weighted by molar-refractivity contribution is 5.96. The van der Waals surface area contributed by atoms with Gasteiger partial charge in [-0.3, -0.25) is 24.0 Å². The molecular weight excluding hydrogens is 666 g/mol. The summed E-state index contributed by atoms with van der Waals surface area (Å²) in [4.78, 5) is 71.4. The van der Waals surface area contributed by atoms with Gasteiger partial charge in [0.05, 0.1) is 24.7 Å². The summed E-state index contributed by atoms with van der Waals surface area (Å²) in [6, 6.07) is -4.56. The molecule has 1 aliphatic heterocycles. The zero-order valence-corrected chi connectivity index (χ0v) is 33.0. The molecule has 2 aliphatic rings. The van der Waals surface area contributed by atoms with Crippen LogP contribution >= 0.6 is 0 Å². The predicted octanol–water partition coefficient (Wildman–Crippen LogP) is 2.12. The molecule has 5 amide bonds. The van der Waals surface area contributed by atoms with Gasteiger partial charge in [0.25, 0.3) is 0 Å². The first-order valence-electron chi connectivity index (χ1n) is 19.9. The van der Waals surface area contributed by atoms with E-state index in [1.807, 2.05) is 20.8 Å². The highest BCUT2D eigenvalue weighted by Gasteiger charge is 2.39. The second-order valence-electron chi connectivity index (χ2n) is 15.4. The molecule has 8 atom stereocenters. The normalized spacial score (nSPS) is 29.0. The molecule has 14 heteroatoms. The highest BCUT2D eigenvalue weighted by atomic mass is 16.5. The summed E-state index contributed by atoms with van der Waals surface area (Å²) >= 11 is 0. The average Bonchev–Trinajstić information content (AvgIpc) is 3.12. The number of rotatable bonds is 14. The third-order valence-corrected chi connectivity index (χ3v) is 10.4. The van der Waals surface area contributed by atoms with Crippen LogP contribution in [0.1, 0.15) is 119 Å². The Bertz CT molecular complexity index is 1120. The minimum absolute atomic E-state index is 0.0790. The summed E-state index contributed by atoms with van der Waals surface area (Å²) in [7, 11) is 1.65. The van der Waals surface area contributed by atoms with Crippen LogP contribution in [-0.4, -0.2) is 110 Å². The molecule has 0 aromatic rings. The van der Waals surface area contributed by atoms with E-state index >= 15 is 0 Å². The molecule has 300 valence electrons. The van der Waals surface area contributed by atoms with Crippen molar-refractivity contribution in [3.63, 3.8) is 0 Å². The lowest BCUT2D eigenvalue weighted by Crippen LogP contribution is -2.63. The molecule has 0 spiro atoms. The Hall–Kier alpha value is -2.81. The van der Waals surface area contributed by atoms with E-state index in [-0.39, 0.29) is 37.5 Å². The maximum absolute atomic E-state index is 14.2. The van der Waals surface area contributed by atoms with Crippen LogP contribution in [0, 0.1) is 17.8 Å². The minimum Gasteiger partial charge on any atom is -0.376 e. The first-order chi connectivity index (χ1) is 24.7. The van der Waals surface area contributed by atoms with E-state index in [1.54, 1.807) is 20.9 Å². The first-order valence-corrected chi connectivity index (χ1v) is 19.9. The van der Waals surface area contributed by atoms with Gasteiger partial charge in [-0.25, -0.2) is 0 Å². The smallest absolute Gasteiger partial charge is 0.245 e. The van der Waals surface area contributed by atoms with Crippen molar-refractivity contribution in [2.45, 2.75) is 161 Å². The summed E-state index contributed by atoms with van der Waals surface area (Å²) in [5, 5.41) is 11.5. The van der Waals surface area contributed by atoms with Crippen molar-refractivity contribution >= 4 is 29.5 Å². The van der Waals surface area contributed by atoms with Crippen molar-refractivity contribution in [3.05, 3.63) is 0 Å². The fraction of sp³-hybridized carbons (Fsp3) is 0.868. The van der Waals surface area contributed by atoms with Gasteiger partial charge in [0.2, 0.25) is 29.5 Å². The summed E-state index contributed by atoms with van der Waals surface area (Å²) in [6.45, 7) is 12.0. The molecule has 52 heavy (non-hydrogen) atoms. The second-order valence-corrected chi connectivity index (χ2v) is 15.4. The van der Waals surface area contributed by atoms with Gasteiger partial charge in [-0.05, 0) is 64.3 Å². The molecular formula is C38H71N7O7. The molecule has 0 aromatic heterocycles. The molecule has 8 N–H and O–H groups in total. The quantitative estimate of drug-likeness (QED) is 0.144. The van der Waals surface area contributed by atoms with Gasteiger partial charge >= 0.3 is 0 Å². The summed E-state index contributed by atoms with van der Waals surface area (Å²) in [5.74, 6) is -2.97. The van der Waals surface area contributed by atoms with E-state index in [0.717, 1.165) is 57.8 Å². The Labute approximate surface area is 312 Å². The maximum Gasteiger partial charge on any atom is 0.245 e. The van der Waals surface area contributed by atoms with Crippen LogP contribution in [0.25, 0.3) is 0 Å². The lowest BCUT2D eigenvalue weighted by Gasteiger charge is -2.36. The number of carbonyl (C=O) groups is 5. The third kappa shape index (κ3) is 14.5. The number of ether oxygens (including phenoxy) is 2. The molecule has 2 fully saturated rings. The van der Waals surface area contributed by atoms with Gasteiger partial charge in [-0.2, -0.15) is 0 Å². The van der Waals surface area contributed by atoms with Crippen molar-refractivity contribution in [1.29, 1.82) is 0 Å². The van der Waals surface area contributed by atoms with Crippen molar-refractivity contribution in [3.8, 4) is 0 Å². The molecule has 1 unspecified atom stereocenters. The number of hydrogen-bond acceptors (Lipinski definition) is 9. The van der Waals surface area contributed by atoms with Crippen LogP contribution in [0.3, 0.4) is 0 Å². The molecule has 0 radical (unpaired) electrons. The minimum atomic E-state index is -1.19. The van der Waals surface area contributed by atoms with Crippen molar-refractivity contribution in [1.82, 2.24) is 26.2 Å². The SMILES string of the molecule is CCCCCC[C@H]1OC[C@@H](C)NC(=O)[C@H](C(C)OCCCN)NC(=O)[C@H](CN)NC(=O)[C@H](C2CCCCC2)NC(=O)[C@H](CC(C)C)N(C)C(=O)[C@@H]1C. The lowest BCUT2D eigenvalue weighted by atomic mass is 9.83. The van der Waals surface area contributed by atoms with Gasteiger partial charge < -0.3 is 47.1 Å². The third-order valence-electron chi connectivity index (χ3n) is 10.4. The Kier molecular flexibility index (Phi) is 20.7. The first kappa shape index (κ1) is 45.3. The van der Waals surface area contributed by atoms with Gasteiger partial charge in [0.15, 0.2) is 0 Å². The summed E-state index contributed by atoms with van der Waals surface area (Å²) in [5.41, 5.74) is 11.7. The van der Waals surface area contributed by atoms with Gasteiger partial charge in [-0.15, -0.1) is 0 Å². The number of amides is 5. The number of nitrogens with one attached hydrogen (secondary N) is 4. The monoisotopic (exact) mass is 738 g/mol. The number of unbranched alkanes of at least 4 members (excludes halogenated alkanes) is 3. The van der Waals surface area contributed by atoms with Crippen molar-refractivity contribution in [2.75, 3.05) is 33.4 Å². The average molecular weight is 738 g/mol. The lowest BCUT2D eigenvalue weighted by molar-refractivity contribution is -0.147. The Morgan fingerprint density at radius 2 is 1.54 bits per heavy atom. The number of carbonyl (C=O) groups excluding carboxylic acids is 5. The van der Waals surface area contributed by atoms with Gasteiger partial charge in [0, 0.05) is 26.2 Å². The van der Waals surface area contributed by atoms with Crippen LogP contribution in [0.2, 0.25) is 0 Å². The molecule has 2 rings (SSSR count).